The first-order valence-electron chi connectivity index (χ1n) is 7.34. The molecule has 1 aromatic heterocycles. The van der Waals surface area contributed by atoms with Gasteiger partial charge in [0.15, 0.2) is 0 Å². The zero-order valence-electron chi connectivity index (χ0n) is 12.6. The van der Waals surface area contributed by atoms with Gasteiger partial charge in [0.05, 0.1) is 21.8 Å². The maximum absolute atomic E-state index is 12.4. The number of aryl methyl sites for hydroxylation is 1. The lowest BCUT2D eigenvalue weighted by molar-refractivity contribution is 0.517. The van der Waals surface area contributed by atoms with Crippen molar-refractivity contribution in [3.63, 3.8) is 0 Å². The van der Waals surface area contributed by atoms with Crippen molar-refractivity contribution in [3.05, 3.63) is 33.9 Å². The van der Waals surface area contributed by atoms with Crippen LogP contribution in [0.3, 0.4) is 0 Å². The van der Waals surface area contributed by atoms with Crippen molar-refractivity contribution in [2.24, 2.45) is 0 Å². The molecule has 114 valence electrons. The molecule has 1 aromatic carbocycles. The molecule has 0 amide bonds. The van der Waals surface area contributed by atoms with Crippen molar-refractivity contribution in [1.29, 1.82) is 0 Å². The van der Waals surface area contributed by atoms with Crippen molar-refractivity contribution in [1.82, 2.24) is 9.71 Å². The van der Waals surface area contributed by atoms with Crippen LogP contribution in [0.25, 0.3) is 10.9 Å². The SMILES string of the molecule is CC(C)(C)[S@](=O)N[C@@H]1CCCc2c1[nH]c1ccc(Br)cc21. The van der Waals surface area contributed by atoms with E-state index in [1.165, 1.54) is 22.2 Å². The Kier molecular flexibility index (Phi) is 4.01. The lowest BCUT2D eigenvalue weighted by atomic mass is 9.92. The quantitative estimate of drug-likeness (QED) is 0.812. The van der Waals surface area contributed by atoms with Crippen LogP contribution in [0.1, 0.15) is 50.9 Å². The summed E-state index contributed by atoms with van der Waals surface area (Å²) in [5.74, 6) is 0. The van der Waals surface area contributed by atoms with Gasteiger partial charge in [0, 0.05) is 21.1 Å². The number of nitrogens with one attached hydrogen (secondary N) is 2. The number of H-pyrrole nitrogens is 1. The third kappa shape index (κ3) is 2.96. The minimum Gasteiger partial charge on any atom is -0.357 e. The van der Waals surface area contributed by atoms with Crippen LogP contribution < -0.4 is 4.72 Å². The van der Waals surface area contributed by atoms with Gasteiger partial charge >= 0.3 is 0 Å². The van der Waals surface area contributed by atoms with Gasteiger partial charge in [-0.1, -0.05) is 15.9 Å². The summed E-state index contributed by atoms with van der Waals surface area (Å²) in [6.45, 7) is 6.01. The number of rotatable bonds is 2. The number of aromatic amines is 1. The summed E-state index contributed by atoms with van der Waals surface area (Å²) in [5.41, 5.74) is 3.76. The van der Waals surface area contributed by atoms with E-state index in [2.05, 4.69) is 43.8 Å². The van der Waals surface area contributed by atoms with E-state index in [9.17, 15) is 4.21 Å². The van der Waals surface area contributed by atoms with E-state index in [1.807, 2.05) is 20.8 Å². The van der Waals surface area contributed by atoms with Crippen molar-refractivity contribution >= 4 is 37.8 Å². The first kappa shape index (κ1) is 15.3. The Bertz CT molecular complexity index is 702. The molecule has 1 aliphatic carbocycles. The second kappa shape index (κ2) is 5.52. The normalized spacial score (nSPS) is 20.5. The van der Waals surface area contributed by atoms with Gasteiger partial charge in [-0.25, -0.2) is 8.93 Å². The summed E-state index contributed by atoms with van der Waals surface area (Å²) in [7, 11) is -1.05. The van der Waals surface area contributed by atoms with E-state index in [1.54, 1.807) is 0 Å². The number of benzene rings is 1. The molecule has 0 unspecified atom stereocenters. The first-order valence-corrected chi connectivity index (χ1v) is 9.28. The maximum Gasteiger partial charge on any atom is 0.0976 e. The average Bonchev–Trinajstić information content (AvgIpc) is 2.77. The Morgan fingerprint density at radius 1 is 1.38 bits per heavy atom. The minimum atomic E-state index is -1.05. The fraction of sp³-hybridized carbons (Fsp3) is 0.500. The molecule has 1 heterocycles. The van der Waals surface area contributed by atoms with E-state index in [0.717, 1.165) is 23.7 Å². The molecule has 2 aromatic rings. The van der Waals surface area contributed by atoms with Gasteiger partial charge in [-0.2, -0.15) is 0 Å². The van der Waals surface area contributed by atoms with E-state index >= 15 is 0 Å². The van der Waals surface area contributed by atoms with Gasteiger partial charge in [0.2, 0.25) is 0 Å². The topological polar surface area (TPSA) is 44.9 Å². The Morgan fingerprint density at radius 2 is 2.14 bits per heavy atom. The highest BCUT2D eigenvalue weighted by atomic mass is 79.9. The second-order valence-corrected chi connectivity index (χ2v) is 9.56. The number of hydrogen-bond acceptors (Lipinski definition) is 1. The van der Waals surface area contributed by atoms with Gasteiger partial charge in [0.1, 0.15) is 0 Å². The van der Waals surface area contributed by atoms with Gasteiger partial charge in [-0.05, 0) is 63.8 Å². The number of fused-ring (bicyclic) bond motifs is 3. The predicted octanol–water partition coefficient (Wildman–Crippen LogP) is 4.36. The van der Waals surface area contributed by atoms with Crippen LogP contribution in [-0.4, -0.2) is 13.9 Å². The van der Waals surface area contributed by atoms with Crippen LogP contribution in [0, 0.1) is 0 Å². The Morgan fingerprint density at radius 3 is 2.86 bits per heavy atom. The highest BCUT2D eigenvalue weighted by molar-refractivity contribution is 9.10. The molecule has 0 fully saturated rings. The molecule has 5 heteroatoms. The highest BCUT2D eigenvalue weighted by Crippen LogP contribution is 2.36. The fourth-order valence-corrected chi connectivity index (χ4v) is 4.07. The first-order chi connectivity index (χ1) is 9.86. The lowest BCUT2D eigenvalue weighted by Crippen LogP contribution is -2.37. The molecule has 3 nitrogen and oxygen atoms in total. The average molecular weight is 369 g/mol. The molecule has 3 rings (SSSR count). The smallest absolute Gasteiger partial charge is 0.0976 e. The van der Waals surface area contributed by atoms with Crippen LogP contribution in [0.4, 0.5) is 0 Å². The van der Waals surface area contributed by atoms with Gasteiger partial charge in [-0.3, -0.25) is 0 Å². The second-order valence-electron chi connectivity index (χ2n) is 6.65. The standard InChI is InChI=1S/C16H21BrN2OS/c1-16(2,3)21(20)19-14-6-4-5-11-12-9-10(17)7-8-13(12)18-15(11)14/h7-9,14,18-19H,4-6H2,1-3H3/t14-,21+/m1/s1. The largest absolute Gasteiger partial charge is 0.357 e. The molecule has 2 atom stereocenters. The van der Waals surface area contributed by atoms with Crippen molar-refractivity contribution in [3.8, 4) is 0 Å². The molecule has 0 bridgehead atoms. The summed E-state index contributed by atoms with van der Waals surface area (Å²) < 4.78 is 16.6. The monoisotopic (exact) mass is 368 g/mol. The van der Waals surface area contributed by atoms with Crippen molar-refractivity contribution < 1.29 is 4.21 Å². The van der Waals surface area contributed by atoms with E-state index in [-0.39, 0.29) is 10.8 Å². The van der Waals surface area contributed by atoms with Gasteiger partial charge in [0.25, 0.3) is 0 Å². The number of aromatic nitrogens is 1. The molecular formula is C16H21BrN2OS. The molecule has 1 aliphatic rings. The molecule has 2 N–H and O–H groups in total. The van der Waals surface area contributed by atoms with Crippen molar-refractivity contribution in [2.45, 2.75) is 50.8 Å². The Hall–Kier alpha value is -0.650. The fourth-order valence-electron chi connectivity index (χ4n) is 2.86. The summed E-state index contributed by atoms with van der Waals surface area (Å²) in [6.07, 6.45) is 3.25. The van der Waals surface area contributed by atoms with Gasteiger partial charge in [-0.15, -0.1) is 0 Å². The Balaban J connectivity index is 1.98. The molecule has 0 saturated heterocycles. The molecule has 0 radical (unpaired) electrons. The molecule has 0 saturated carbocycles. The molecule has 21 heavy (non-hydrogen) atoms. The minimum absolute atomic E-state index is 0.153. The van der Waals surface area contributed by atoms with Crippen molar-refractivity contribution in [2.75, 3.05) is 0 Å². The van der Waals surface area contributed by atoms with Crippen LogP contribution in [0.5, 0.6) is 0 Å². The molecule has 0 spiro atoms. The summed E-state index contributed by atoms with van der Waals surface area (Å²) in [4.78, 5) is 3.53. The number of halogens is 1. The summed E-state index contributed by atoms with van der Waals surface area (Å²) in [6, 6.07) is 6.49. The van der Waals surface area contributed by atoms with Gasteiger partial charge < -0.3 is 4.98 Å². The zero-order valence-corrected chi connectivity index (χ0v) is 15.0. The van der Waals surface area contributed by atoms with Crippen LogP contribution in [0.15, 0.2) is 22.7 Å². The number of hydrogen-bond donors (Lipinski definition) is 2. The molecular weight excluding hydrogens is 348 g/mol. The van der Waals surface area contributed by atoms with E-state index in [4.69, 9.17) is 0 Å². The summed E-state index contributed by atoms with van der Waals surface area (Å²) in [5, 5.41) is 1.28. The molecule has 0 aliphatic heterocycles. The lowest BCUT2D eigenvalue weighted by Gasteiger charge is -2.27. The third-order valence-corrected chi connectivity index (χ3v) is 6.08. The summed E-state index contributed by atoms with van der Waals surface area (Å²) >= 11 is 3.55. The van der Waals surface area contributed by atoms with E-state index in [0.29, 0.717) is 0 Å². The predicted molar refractivity (Wildman–Crippen MR) is 92.7 cm³/mol. The van der Waals surface area contributed by atoms with Crippen LogP contribution >= 0.6 is 15.9 Å². The Labute approximate surface area is 136 Å². The maximum atomic E-state index is 12.4. The third-order valence-electron chi connectivity index (χ3n) is 3.97. The van der Waals surface area contributed by atoms with Crippen LogP contribution in [0.2, 0.25) is 0 Å². The highest BCUT2D eigenvalue weighted by Gasteiger charge is 2.28. The van der Waals surface area contributed by atoms with E-state index < -0.39 is 11.0 Å². The van der Waals surface area contributed by atoms with Crippen LogP contribution in [-0.2, 0) is 17.4 Å². The zero-order chi connectivity index (χ0) is 15.2.